The normalized spacial score (nSPS) is 12.4. The molecule has 0 bridgehead atoms. The maximum atomic E-state index is 5.37. The summed E-state index contributed by atoms with van der Waals surface area (Å²) in [5.41, 5.74) is 1.31. The van der Waals surface area contributed by atoms with Crippen molar-refractivity contribution in [1.29, 1.82) is 0 Å². The first-order valence-electron chi connectivity index (χ1n) is 6.67. The zero-order chi connectivity index (χ0) is 12.5. The van der Waals surface area contributed by atoms with Crippen molar-refractivity contribution < 1.29 is 4.74 Å². The molecule has 0 fully saturated rings. The monoisotopic (exact) mass is 235 g/mol. The van der Waals surface area contributed by atoms with Crippen LogP contribution >= 0.6 is 0 Å². The Balaban J connectivity index is 2.47. The van der Waals surface area contributed by atoms with Crippen LogP contribution in [0.25, 0.3) is 0 Å². The fourth-order valence-corrected chi connectivity index (χ4v) is 2.04. The summed E-state index contributed by atoms with van der Waals surface area (Å²) < 4.78 is 5.37. The van der Waals surface area contributed by atoms with E-state index in [0.29, 0.717) is 6.04 Å². The molecule has 0 aliphatic heterocycles. The van der Waals surface area contributed by atoms with E-state index >= 15 is 0 Å². The molecule has 0 aliphatic carbocycles. The number of ether oxygens (including phenoxy) is 1. The summed E-state index contributed by atoms with van der Waals surface area (Å²) in [5, 5.41) is 3.59. The van der Waals surface area contributed by atoms with Gasteiger partial charge in [0.15, 0.2) is 0 Å². The minimum atomic E-state index is 0.625. The number of methoxy groups -OCH3 is 1. The third-order valence-electron chi connectivity index (χ3n) is 3.13. The molecule has 96 valence electrons. The summed E-state index contributed by atoms with van der Waals surface area (Å²) in [4.78, 5) is 0. The lowest BCUT2D eigenvalue weighted by molar-refractivity contribution is 0.405. The highest BCUT2D eigenvalue weighted by atomic mass is 16.5. The molecule has 0 amide bonds. The Bertz CT molecular complexity index is 312. The van der Waals surface area contributed by atoms with Crippen molar-refractivity contribution in [3.05, 3.63) is 29.8 Å². The summed E-state index contributed by atoms with van der Waals surface area (Å²) in [6, 6.07) is 8.92. The second kappa shape index (κ2) is 8.13. The van der Waals surface area contributed by atoms with Crippen molar-refractivity contribution in [2.24, 2.45) is 0 Å². The van der Waals surface area contributed by atoms with Crippen LogP contribution in [0.4, 0.5) is 0 Å². The van der Waals surface area contributed by atoms with Gasteiger partial charge in [-0.3, -0.25) is 0 Å². The lowest BCUT2D eigenvalue weighted by Crippen LogP contribution is -2.29. The standard InChI is InChI=1S/C15H25NO/c1-4-12-16-14(5-2)11-10-13-8-6-7-9-15(13)17-3/h6-9,14,16H,4-5,10-12H2,1-3H3. The van der Waals surface area contributed by atoms with Gasteiger partial charge < -0.3 is 10.1 Å². The molecule has 2 heteroatoms. The first kappa shape index (κ1) is 14.0. The zero-order valence-corrected chi connectivity index (χ0v) is 11.3. The smallest absolute Gasteiger partial charge is 0.122 e. The zero-order valence-electron chi connectivity index (χ0n) is 11.3. The van der Waals surface area contributed by atoms with Crippen LogP contribution in [0.1, 0.15) is 38.7 Å². The van der Waals surface area contributed by atoms with Crippen molar-refractivity contribution in [3.63, 3.8) is 0 Å². The van der Waals surface area contributed by atoms with Crippen molar-refractivity contribution in [2.75, 3.05) is 13.7 Å². The summed E-state index contributed by atoms with van der Waals surface area (Å²) in [7, 11) is 1.74. The van der Waals surface area contributed by atoms with Crippen LogP contribution < -0.4 is 10.1 Å². The van der Waals surface area contributed by atoms with Crippen LogP contribution in [-0.4, -0.2) is 19.7 Å². The predicted molar refractivity (Wildman–Crippen MR) is 73.7 cm³/mol. The minimum Gasteiger partial charge on any atom is -0.496 e. The molecule has 1 rings (SSSR count). The first-order valence-corrected chi connectivity index (χ1v) is 6.67. The Hall–Kier alpha value is -1.02. The van der Waals surface area contributed by atoms with Gasteiger partial charge in [0.1, 0.15) is 5.75 Å². The van der Waals surface area contributed by atoms with Gasteiger partial charge in [0.05, 0.1) is 7.11 Å². The Labute approximate surface area is 105 Å². The summed E-state index contributed by atoms with van der Waals surface area (Å²) in [6.45, 7) is 5.57. The number of benzene rings is 1. The molecule has 0 spiro atoms. The maximum Gasteiger partial charge on any atom is 0.122 e. The van der Waals surface area contributed by atoms with E-state index in [1.807, 2.05) is 12.1 Å². The van der Waals surface area contributed by atoms with Crippen LogP contribution in [0, 0.1) is 0 Å². The van der Waals surface area contributed by atoms with E-state index in [4.69, 9.17) is 4.74 Å². The Morgan fingerprint density at radius 1 is 1.24 bits per heavy atom. The van der Waals surface area contributed by atoms with E-state index in [2.05, 4.69) is 31.3 Å². The molecule has 1 N–H and O–H groups in total. The number of hydrogen-bond acceptors (Lipinski definition) is 2. The van der Waals surface area contributed by atoms with E-state index in [1.54, 1.807) is 7.11 Å². The fourth-order valence-electron chi connectivity index (χ4n) is 2.04. The van der Waals surface area contributed by atoms with Crippen LogP contribution in [0.15, 0.2) is 24.3 Å². The molecular weight excluding hydrogens is 210 g/mol. The molecule has 0 radical (unpaired) electrons. The molecule has 0 saturated heterocycles. The highest BCUT2D eigenvalue weighted by Gasteiger charge is 2.07. The molecule has 0 aliphatic rings. The molecule has 17 heavy (non-hydrogen) atoms. The lowest BCUT2D eigenvalue weighted by atomic mass is 10.0. The SMILES string of the molecule is CCCNC(CC)CCc1ccccc1OC. The van der Waals surface area contributed by atoms with Gasteiger partial charge >= 0.3 is 0 Å². The first-order chi connectivity index (χ1) is 8.31. The third-order valence-corrected chi connectivity index (χ3v) is 3.13. The van der Waals surface area contributed by atoms with E-state index in [1.165, 1.54) is 24.8 Å². The van der Waals surface area contributed by atoms with E-state index in [0.717, 1.165) is 18.7 Å². The number of para-hydroxylation sites is 1. The van der Waals surface area contributed by atoms with E-state index in [9.17, 15) is 0 Å². The van der Waals surface area contributed by atoms with Gasteiger partial charge in [0.2, 0.25) is 0 Å². The van der Waals surface area contributed by atoms with Crippen LogP contribution in [-0.2, 0) is 6.42 Å². The minimum absolute atomic E-state index is 0.625. The fraction of sp³-hybridized carbons (Fsp3) is 0.600. The largest absolute Gasteiger partial charge is 0.496 e. The number of hydrogen-bond donors (Lipinski definition) is 1. The van der Waals surface area contributed by atoms with Crippen LogP contribution in [0.5, 0.6) is 5.75 Å². The van der Waals surface area contributed by atoms with Crippen molar-refractivity contribution in [1.82, 2.24) is 5.32 Å². The average Bonchev–Trinajstić information content (AvgIpc) is 2.39. The van der Waals surface area contributed by atoms with Crippen molar-refractivity contribution >= 4 is 0 Å². The second-order valence-corrected chi connectivity index (χ2v) is 4.41. The molecule has 1 aromatic carbocycles. The maximum absolute atomic E-state index is 5.37. The van der Waals surface area contributed by atoms with Crippen LogP contribution in [0.3, 0.4) is 0 Å². The molecule has 1 unspecified atom stereocenters. The van der Waals surface area contributed by atoms with Crippen molar-refractivity contribution in [2.45, 2.75) is 45.6 Å². The number of aryl methyl sites for hydroxylation is 1. The topological polar surface area (TPSA) is 21.3 Å². The second-order valence-electron chi connectivity index (χ2n) is 4.41. The van der Waals surface area contributed by atoms with Gasteiger partial charge in [-0.25, -0.2) is 0 Å². The van der Waals surface area contributed by atoms with Crippen molar-refractivity contribution in [3.8, 4) is 5.75 Å². The molecule has 1 aromatic rings. The molecule has 2 nitrogen and oxygen atoms in total. The highest BCUT2D eigenvalue weighted by molar-refractivity contribution is 5.33. The Kier molecular flexibility index (Phi) is 6.71. The van der Waals surface area contributed by atoms with Gasteiger partial charge in [-0.1, -0.05) is 32.0 Å². The average molecular weight is 235 g/mol. The quantitative estimate of drug-likeness (QED) is 0.745. The number of nitrogens with one attached hydrogen (secondary N) is 1. The molecule has 0 saturated carbocycles. The Morgan fingerprint density at radius 3 is 2.65 bits per heavy atom. The summed E-state index contributed by atoms with van der Waals surface area (Å²) in [6.07, 6.45) is 4.65. The highest BCUT2D eigenvalue weighted by Crippen LogP contribution is 2.19. The lowest BCUT2D eigenvalue weighted by Gasteiger charge is -2.17. The van der Waals surface area contributed by atoms with Gasteiger partial charge in [-0.15, -0.1) is 0 Å². The molecule has 0 aromatic heterocycles. The van der Waals surface area contributed by atoms with Gasteiger partial charge in [0, 0.05) is 6.04 Å². The van der Waals surface area contributed by atoms with Gasteiger partial charge in [-0.05, 0) is 43.9 Å². The summed E-state index contributed by atoms with van der Waals surface area (Å²) >= 11 is 0. The summed E-state index contributed by atoms with van der Waals surface area (Å²) in [5.74, 6) is 1.01. The van der Waals surface area contributed by atoms with E-state index in [-0.39, 0.29) is 0 Å². The number of rotatable bonds is 8. The third kappa shape index (κ3) is 4.78. The van der Waals surface area contributed by atoms with Crippen LogP contribution in [0.2, 0.25) is 0 Å². The predicted octanol–water partition coefficient (Wildman–Crippen LogP) is 3.41. The van der Waals surface area contributed by atoms with E-state index < -0.39 is 0 Å². The van der Waals surface area contributed by atoms with Gasteiger partial charge in [0.25, 0.3) is 0 Å². The van der Waals surface area contributed by atoms with Gasteiger partial charge in [-0.2, -0.15) is 0 Å². The molecule has 0 heterocycles. The molecular formula is C15H25NO. The molecule has 1 atom stereocenters. The Morgan fingerprint density at radius 2 is 2.00 bits per heavy atom.